The van der Waals surface area contributed by atoms with Crippen molar-refractivity contribution >= 4 is 5.91 Å². The van der Waals surface area contributed by atoms with E-state index >= 15 is 0 Å². The number of aryl methyl sites for hydroxylation is 1. The Hall–Kier alpha value is -1.35. The average Bonchev–Trinajstić information content (AvgIpc) is 2.98. The number of carbonyl (C=O) groups excluding carboxylic acids is 1. The minimum Gasteiger partial charge on any atom is -0.341 e. The fraction of sp³-hybridized carbons (Fsp3) is 0.611. The van der Waals surface area contributed by atoms with Gasteiger partial charge in [-0.25, -0.2) is 0 Å². The molecule has 1 aromatic rings. The first kappa shape index (κ1) is 16.0. The lowest BCUT2D eigenvalue weighted by Gasteiger charge is -2.27. The molecule has 3 nitrogen and oxygen atoms in total. The zero-order valence-corrected chi connectivity index (χ0v) is 13.3. The predicted octanol–water partition coefficient (Wildman–Crippen LogP) is 2.99. The van der Waals surface area contributed by atoms with E-state index < -0.39 is 0 Å². The van der Waals surface area contributed by atoms with Crippen molar-refractivity contribution in [2.45, 2.75) is 52.0 Å². The molecule has 1 aliphatic heterocycles. The molecule has 116 valence electrons. The standard InChI is InChI=1S/C18H28N2O/c1-3-18(4-2)12-13-20(14-18)17(21)16(19)11-10-15-8-6-5-7-9-15/h5-9,16H,3-4,10-14,19H2,1-2H3/t16-/m0/s1. The van der Waals surface area contributed by atoms with E-state index in [9.17, 15) is 4.79 Å². The van der Waals surface area contributed by atoms with Crippen molar-refractivity contribution in [3.8, 4) is 0 Å². The molecular formula is C18H28N2O. The minimum absolute atomic E-state index is 0.134. The molecule has 0 bridgehead atoms. The van der Waals surface area contributed by atoms with Crippen LogP contribution in [-0.4, -0.2) is 29.9 Å². The lowest BCUT2D eigenvalue weighted by molar-refractivity contribution is -0.132. The largest absolute Gasteiger partial charge is 0.341 e. The van der Waals surface area contributed by atoms with Gasteiger partial charge in [0.05, 0.1) is 6.04 Å². The monoisotopic (exact) mass is 288 g/mol. The molecule has 1 atom stereocenters. The molecule has 3 heteroatoms. The third-order valence-corrected chi connectivity index (χ3v) is 5.15. The topological polar surface area (TPSA) is 46.3 Å². The molecule has 2 rings (SSSR count). The molecule has 0 unspecified atom stereocenters. The average molecular weight is 288 g/mol. The van der Waals surface area contributed by atoms with E-state index in [-0.39, 0.29) is 11.9 Å². The molecule has 0 saturated carbocycles. The number of rotatable bonds is 6. The third-order valence-electron chi connectivity index (χ3n) is 5.15. The minimum atomic E-state index is -0.366. The highest BCUT2D eigenvalue weighted by Gasteiger charge is 2.38. The quantitative estimate of drug-likeness (QED) is 0.874. The first-order valence-electron chi connectivity index (χ1n) is 8.18. The summed E-state index contributed by atoms with van der Waals surface area (Å²) in [6, 6.07) is 9.88. The van der Waals surface area contributed by atoms with Gasteiger partial charge in [0.25, 0.3) is 0 Å². The van der Waals surface area contributed by atoms with Crippen molar-refractivity contribution in [3.05, 3.63) is 35.9 Å². The Balaban J connectivity index is 1.86. The molecule has 0 aliphatic carbocycles. The smallest absolute Gasteiger partial charge is 0.239 e. The second-order valence-electron chi connectivity index (χ2n) is 6.35. The first-order valence-corrected chi connectivity index (χ1v) is 8.18. The van der Waals surface area contributed by atoms with Gasteiger partial charge in [-0.15, -0.1) is 0 Å². The summed E-state index contributed by atoms with van der Waals surface area (Å²) < 4.78 is 0. The fourth-order valence-electron chi connectivity index (χ4n) is 3.28. The lowest BCUT2D eigenvalue weighted by atomic mass is 9.82. The molecule has 0 spiro atoms. The van der Waals surface area contributed by atoms with Gasteiger partial charge in [-0.3, -0.25) is 4.79 Å². The molecule has 1 amide bonds. The van der Waals surface area contributed by atoms with E-state index in [0.717, 1.165) is 45.2 Å². The number of nitrogens with two attached hydrogens (primary N) is 1. The van der Waals surface area contributed by atoms with E-state index in [4.69, 9.17) is 5.73 Å². The Morgan fingerprint density at radius 2 is 1.95 bits per heavy atom. The van der Waals surface area contributed by atoms with Crippen LogP contribution in [0, 0.1) is 5.41 Å². The van der Waals surface area contributed by atoms with Crippen molar-refractivity contribution in [2.24, 2.45) is 11.1 Å². The summed E-state index contributed by atoms with van der Waals surface area (Å²) in [6.07, 6.45) is 5.01. The van der Waals surface area contributed by atoms with Crippen molar-refractivity contribution in [1.82, 2.24) is 4.90 Å². The summed E-state index contributed by atoms with van der Waals surface area (Å²) in [5.41, 5.74) is 7.70. The molecule has 1 aliphatic rings. The molecule has 2 N–H and O–H groups in total. The van der Waals surface area contributed by atoms with E-state index in [0.29, 0.717) is 5.41 Å². The van der Waals surface area contributed by atoms with Crippen LogP contribution in [0.15, 0.2) is 30.3 Å². The molecule has 1 aromatic carbocycles. The van der Waals surface area contributed by atoms with Gasteiger partial charge >= 0.3 is 0 Å². The van der Waals surface area contributed by atoms with Crippen LogP contribution in [0.25, 0.3) is 0 Å². The van der Waals surface area contributed by atoms with Gasteiger partial charge in [0, 0.05) is 13.1 Å². The van der Waals surface area contributed by atoms with Gasteiger partial charge in [-0.2, -0.15) is 0 Å². The Labute approximate surface area is 128 Å². The highest BCUT2D eigenvalue weighted by molar-refractivity contribution is 5.82. The van der Waals surface area contributed by atoms with Crippen molar-refractivity contribution < 1.29 is 4.79 Å². The summed E-state index contributed by atoms with van der Waals surface area (Å²) in [6.45, 7) is 6.22. The van der Waals surface area contributed by atoms with Crippen LogP contribution in [0.2, 0.25) is 0 Å². The number of amides is 1. The third kappa shape index (κ3) is 3.85. The summed E-state index contributed by atoms with van der Waals surface area (Å²) in [5.74, 6) is 0.134. The summed E-state index contributed by atoms with van der Waals surface area (Å²) in [5, 5.41) is 0. The van der Waals surface area contributed by atoms with Gasteiger partial charge in [0.1, 0.15) is 0 Å². The van der Waals surface area contributed by atoms with E-state index in [1.807, 2.05) is 23.1 Å². The first-order chi connectivity index (χ1) is 10.1. The van der Waals surface area contributed by atoms with Crippen LogP contribution >= 0.6 is 0 Å². The van der Waals surface area contributed by atoms with Crippen LogP contribution in [0.1, 0.15) is 45.1 Å². The lowest BCUT2D eigenvalue weighted by Crippen LogP contribution is -2.43. The van der Waals surface area contributed by atoms with Gasteiger partial charge in [0.15, 0.2) is 0 Å². The van der Waals surface area contributed by atoms with Crippen LogP contribution in [0.4, 0.5) is 0 Å². The molecule has 0 aromatic heterocycles. The Morgan fingerprint density at radius 1 is 1.29 bits per heavy atom. The number of hydrogen-bond donors (Lipinski definition) is 1. The number of likely N-dealkylation sites (tertiary alicyclic amines) is 1. The molecule has 1 fully saturated rings. The summed E-state index contributed by atoms with van der Waals surface area (Å²) in [4.78, 5) is 14.5. The molecule has 1 saturated heterocycles. The maximum Gasteiger partial charge on any atom is 0.239 e. The second kappa shape index (κ2) is 7.08. The van der Waals surface area contributed by atoms with Gasteiger partial charge < -0.3 is 10.6 Å². The molecule has 0 radical (unpaired) electrons. The zero-order chi connectivity index (χ0) is 15.3. The normalized spacial score (nSPS) is 18.7. The summed E-state index contributed by atoms with van der Waals surface area (Å²) in [7, 11) is 0. The van der Waals surface area contributed by atoms with E-state index in [1.54, 1.807) is 0 Å². The number of carbonyl (C=O) groups is 1. The Kier molecular flexibility index (Phi) is 5.40. The van der Waals surface area contributed by atoms with Crippen LogP contribution in [0.3, 0.4) is 0 Å². The van der Waals surface area contributed by atoms with Gasteiger partial charge in [0.2, 0.25) is 5.91 Å². The van der Waals surface area contributed by atoms with Crippen molar-refractivity contribution in [3.63, 3.8) is 0 Å². The number of hydrogen-bond acceptors (Lipinski definition) is 2. The van der Waals surface area contributed by atoms with Gasteiger partial charge in [-0.1, -0.05) is 44.2 Å². The summed E-state index contributed by atoms with van der Waals surface area (Å²) >= 11 is 0. The number of benzene rings is 1. The molecule has 1 heterocycles. The van der Waals surface area contributed by atoms with Crippen LogP contribution < -0.4 is 5.73 Å². The number of nitrogens with zero attached hydrogens (tertiary/aromatic N) is 1. The van der Waals surface area contributed by atoms with E-state index in [2.05, 4.69) is 26.0 Å². The Morgan fingerprint density at radius 3 is 2.52 bits per heavy atom. The van der Waals surface area contributed by atoms with Crippen LogP contribution in [0.5, 0.6) is 0 Å². The maximum absolute atomic E-state index is 12.5. The highest BCUT2D eigenvalue weighted by Crippen LogP contribution is 2.37. The fourth-order valence-corrected chi connectivity index (χ4v) is 3.28. The maximum atomic E-state index is 12.5. The van der Waals surface area contributed by atoms with Crippen molar-refractivity contribution in [1.29, 1.82) is 0 Å². The molecule has 21 heavy (non-hydrogen) atoms. The zero-order valence-electron chi connectivity index (χ0n) is 13.3. The highest BCUT2D eigenvalue weighted by atomic mass is 16.2. The SMILES string of the molecule is CCC1(CC)CCN(C(=O)[C@@H](N)CCc2ccccc2)C1. The van der Waals surface area contributed by atoms with Crippen LogP contribution in [-0.2, 0) is 11.2 Å². The second-order valence-corrected chi connectivity index (χ2v) is 6.35. The predicted molar refractivity (Wildman–Crippen MR) is 87.0 cm³/mol. The van der Waals surface area contributed by atoms with Gasteiger partial charge in [-0.05, 0) is 43.1 Å². The van der Waals surface area contributed by atoms with E-state index in [1.165, 1.54) is 5.56 Å². The van der Waals surface area contributed by atoms with Crippen molar-refractivity contribution in [2.75, 3.05) is 13.1 Å². The Bertz CT molecular complexity index is 454. The molecular weight excluding hydrogens is 260 g/mol.